The Hall–Kier alpha value is -1.53. The van der Waals surface area contributed by atoms with E-state index < -0.39 is 0 Å². The summed E-state index contributed by atoms with van der Waals surface area (Å²) in [6.07, 6.45) is 7.10. The van der Waals surface area contributed by atoms with Crippen LogP contribution < -0.4 is 11.1 Å². The summed E-state index contributed by atoms with van der Waals surface area (Å²) in [5, 5.41) is 4.42. The van der Waals surface area contributed by atoms with Gasteiger partial charge in [-0.3, -0.25) is 0 Å². The monoisotopic (exact) mass is 512 g/mol. The number of anilines is 1. The lowest BCUT2D eigenvalue weighted by atomic mass is 10.1. The Balaban J connectivity index is 1.42. The van der Waals surface area contributed by atoms with Gasteiger partial charge in [-0.15, -0.1) is 0 Å². The molecular formula is C18H21IN6O2S. The predicted octanol–water partition coefficient (Wildman–Crippen LogP) is 2.81. The molecule has 0 aromatic carbocycles. The van der Waals surface area contributed by atoms with Crippen LogP contribution in [0.5, 0.6) is 0 Å². The fraction of sp³-hybridized carbons (Fsp3) is 0.500. The number of nitrogens with two attached hydrogens (primary N) is 1. The van der Waals surface area contributed by atoms with Gasteiger partial charge in [0.25, 0.3) is 0 Å². The zero-order valence-electron chi connectivity index (χ0n) is 15.2. The fourth-order valence-corrected chi connectivity index (χ4v) is 5.29. The number of hydrogen-bond acceptors (Lipinski definition) is 8. The molecule has 3 N–H and O–H groups in total. The number of allylic oxidation sites excluding steroid dienone is 3. The van der Waals surface area contributed by atoms with Crippen LogP contribution in [-0.2, 0) is 16.0 Å². The fourth-order valence-electron chi connectivity index (χ4n) is 3.31. The zero-order chi connectivity index (χ0) is 19.1. The number of hydrogen-bond donors (Lipinski definition) is 2. The topological polar surface area (TPSA) is 100 Å². The lowest BCUT2D eigenvalue weighted by molar-refractivity contribution is 0.0731. The first-order chi connectivity index (χ1) is 13.7. The van der Waals surface area contributed by atoms with Crippen LogP contribution in [0.4, 0.5) is 5.82 Å². The second-order valence-electron chi connectivity index (χ2n) is 7.14. The van der Waals surface area contributed by atoms with Crippen LogP contribution in [0.2, 0.25) is 0 Å². The van der Waals surface area contributed by atoms with Crippen molar-refractivity contribution in [2.45, 2.75) is 34.9 Å². The van der Waals surface area contributed by atoms with E-state index in [1.165, 1.54) is 24.1 Å². The molecule has 28 heavy (non-hydrogen) atoms. The molecule has 1 atom stereocenters. The van der Waals surface area contributed by atoms with Crippen molar-refractivity contribution in [1.29, 1.82) is 0 Å². The molecular weight excluding hydrogens is 491 g/mol. The summed E-state index contributed by atoms with van der Waals surface area (Å²) in [7, 11) is 0. The molecule has 1 fully saturated rings. The van der Waals surface area contributed by atoms with E-state index in [9.17, 15) is 0 Å². The van der Waals surface area contributed by atoms with Gasteiger partial charge in [0.1, 0.15) is 12.1 Å². The van der Waals surface area contributed by atoms with E-state index in [4.69, 9.17) is 20.2 Å². The number of fused-ring (bicyclic) bond motifs is 1. The van der Waals surface area contributed by atoms with Gasteiger partial charge in [0.2, 0.25) is 6.79 Å². The molecule has 0 saturated heterocycles. The lowest BCUT2D eigenvalue weighted by Gasteiger charge is -2.18. The SMILES string of the molecule is Nc1ncnc2c1nc(SC1=CC3=C(CC1I)OCO3)n2CCNCC1CC1. The van der Waals surface area contributed by atoms with Gasteiger partial charge < -0.3 is 25.1 Å². The van der Waals surface area contributed by atoms with Crippen LogP contribution in [0.25, 0.3) is 11.2 Å². The smallest absolute Gasteiger partial charge is 0.230 e. The van der Waals surface area contributed by atoms with E-state index in [0.29, 0.717) is 22.1 Å². The third-order valence-corrected chi connectivity index (χ3v) is 7.71. The Morgan fingerprint density at radius 1 is 1.32 bits per heavy atom. The molecule has 2 aliphatic carbocycles. The molecule has 3 aliphatic rings. The summed E-state index contributed by atoms with van der Waals surface area (Å²) < 4.78 is 13.6. The Kier molecular flexibility index (Phi) is 5.09. The average Bonchev–Trinajstić information content (AvgIpc) is 3.29. The van der Waals surface area contributed by atoms with Crippen LogP contribution in [0.15, 0.2) is 34.0 Å². The van der Waals surface area contributed by atoms with Crippen LogP contribution in [0.1, 0.15) is 19.3 Å². The molecule has 1 saturated carbocycles. The first-order valence-corrected chi connectivity index (χ1v) is 11.4. The molecule has 1 aliphatic heterocycles. The molecule has 0 spiro atoms. The van der Waals surface area contributed by atoms with Crippen molar-refractivity contribution in [2.24, 2.45) is 5.92 Å². The minimum atomic E-state index is 0.305. The number of alkyl halides is 1. The van der Waals surface area contributed by atoms with E-state index in [1.54, 1.807) is 11.8 Å². The average molecular weight is 512 g/mol. The minimum Gasteiger partial charge on any atom is -0.458 e. The maximum Gasteiger partial charge on any atom is 0.230 e. The summed E-state index contributed by atoms with van der Waals surface area (Å²) in [4.78, 5) is 14.5. The van der Waals surface area contributed by atoms with Crippen molar-refractivity contribution >= 4 is 51.3 Å². The molecule has 2 aromatic heterocycles. The van der Waals surface area contributed by atoms with Gasteiger partial charge >= 0.3 is 0 Å². The Bertz CT molecular complexity index is 970. The Morgan fingerprint density at radius 3 is 3.07 bits per heavy atom. The molecule has 0 bridgehead atoms. The molecule has 1 unspecified atom stereocenters. The van der Waals surface area contributed by atoms with E-state index in [0.717, 1.165) is 54.3 Å². The summed E-state index contributed by atoms with van der Waals surface area (Å²) in [5.41, 5.74) is 7.50. The number of nitrogens with one attached hydrogen (secondary N) is 1. The largest absolute Gasteiger partial charge is 0.458 e. The molecule has 0 amide bonds. The predicted molar refractivity (Wildman–Crippen MR) is 116 cm³/mol. The highest BCUT2D eigenvalue weighted by Gasteiger charge is 2.29. The molecule has 3 heterocycles. The summed E-state index contributed by atoms with van der Waals surface area (Å²) in [6.45, 7) is 3.05. The highest BCUT2D eigenvalue weighted by atomic mass is 127. The van der Waals surface area contributed by atoms with Crippen LogP contribution in [-0.4, -0.2) is 43.3 Å². The quantitative estimate of drug-likeness (QED) is 0.332. The number of nitrogen functional groups attached to an aromatic ring is 1. The van der Waals surface area contributed by atoms with E-state index in [2.05, 4.69) is 48.5 Å². The number of ether oxygens (including phenoxy) is 2. The van der Waals surface area contributed by atoms with Gasteiger partial charge in [-0.05, 0) is 31.4 Å². The van der Waals surface area contributed by atoms with E-state index in [-0.39, 0.29) is 0 Å². The molecule has 148 valence electrons. The van der Waals surface area contributed by atoms with E-state index >= 15 is 0 Å². The van der Waals surface area contributed by atoms with Gasteiger partial charge in [-0.2, -0.15) is 0 Å². The molecule has 2 aromatic rings. The number of halogens is 1. The van der Waals surface area contributed by atoms with Crippen LogP contribution in [0, 0.1) is 5.92 Å². The van der Waals surface area contributed by atoms with Crippen molar-refractivity contribution < 1.29 is 9.47 Å². The first-order valence-electron chi connectivity index (χ1n) is 9.38. The number of aromatic nitrogens is 4. The van der Waals surface area contributed by atoms with Gasteiger partial charge in [-0.25, -0.2) is 15.0 Å². The highest BCUT2D eigenvalue weighted by molar-refractivity contribution is 14.1. The first kappa shape index (κ1) is 18.5. The molecule has 0 radical (unpaired) electrons. The van der Waals surface area contributed by atoms with Gasteiger partial charge in [0.15, 0.2) is 27.9 Å². The van der Waals surface area contributed by atoms with Crippen LogP contribution >= 0.6 is 34.4 Å². The molecule has 5 rings (SSSR count). The maximum atomic E-state index is 6.06. The third kappa shape index (κ3) is 3.69. The standard InChI is InChI=1S/C18H21IN6O2S/c19-11-5-12-13(27-9-26-12)6-14(11)28-18-24-15-16(20)22-8-23-17(15)25(18)4-3-21-7-10-1-2-10/h6,8,10-11,21H,1-5,7,9H2,(H2,20,22,23). The normalized spacial score (nSPS) is 21.5. The minimum absolute atomic E-state index is 0.305. The molecule has 10 heteroatoms. The van der Waals surface area contributed by atoms with Gasteiger partial charge in [0.05, 0.1) is 0 Å². The van der Waals surface area contributed by atoms with Crippen molar-refractivity contribution in [1.82, 2.24) is 24.8 Å². The number of imidazole rings is 1. The Labute approximate surface area is 180 Å². The van der Waals surface area contributed by atoms with Crippen molar-refractivity contribution in [3.8, 4) is 0 Å². The highest BCUT2D eigenvalue weighted by Crippen LogP contribution is 2.42. The van der Waals surface area contributed by atoms with Gasteiger partial charge in [0, 0.05) is 28.3 Å². The Morgan fingerprint density at radius 2 is 2.21 bits per heavy atom. The third-order valence-electron chi connectivity index (χ3n) is 5.05. The lowest BCUT2D eigenvalue weighted by Crippen LogP contribution is -2.22. The van der Waals surface area contributed by atoms with Gasteiger partial charge in [-0.1, -0.05) is 34.4 Å². The number of rotatable bonds is 7. The number of nitrogens with zero attached hydrogens (tertiary/aromatic N) is 4. The second kappa shape index (κ2) is 7.71. The van der Waals surface area contributed by atoms with Crippen molar-refractivity contribution in [2.75, 3.05) is 25.6 Å². The second-order valence-corrected chi connectivity index (χ2v) is 9.68. The summed E-state index contributed by atoms with van der Waals surface area (Å²) >= 11 is 4.09. The van der Waals surface area contributed by atoms with E-state index in [1.807, 2.05) is 0 Å². The summed E-state index contributed by atoms with van der Waals surface area (Å²) in [6, 6.07) is 0. The maximum absolute atomic E-state index is 6.06. The van der Waals surface area contributed by atoms with Crippen molar-refractivity contribution in [3.63, 3.8) is 0 Å². The zero-order valence-corrected chi connectivity index (χ0v) is 18.2. The summed E-state index contributed by atoms with van der Waals surface area (Å²) in [5.74, 6) is 3.05. The van der Waals surface area contributed by atoms with Crippen LogP contribution in [0.3, 0.4) is 0 Å². The number of thioether (sulfide) groups is 1. The molecule has 8 nitrogen and oxygen atoms in total. The van der Waals surface area contributed by atoms with Crippen molar-refractivity contribution in [3.05, 3.63) is 28.8 Å².